The molecule has 0 aliphatic carbocycles. The third-order valence-corrected chi connectivity index (χ3v) is 4.22. The lowest BCUT2D eigenvalue weighted by atomic mass is 10.2. The summed E-state index contributed by atoms with van der Waals surface area (Å²) in [7, 11) is 0. The SMILES string of the molecule is NC(=O)c1ccc(Oc2ccc(C(=O)NCCNC(=O)c3ccccc3)cc2)cc1. The number of ether oxygens (including phenoxy) is 1. The minimum Gasteiger partial charge on any atom is -0.457 e. The predicted octanol–water partition coefficient (Wildman–Crippen LogP) is 2.74. The molecular weight excluding hydrogens is 382 g/mol. The first-order valence-corrected chi connectivity index (χ1v) is 9.32. The van der Waals surface area contributed by atoms with Crippen molar-refractivity contribution in [3.63, 3.8) is 0 Å². The Kier molecular flexibility index (Phi) is 6.78. The lowest BCUT2D eigenvalue weighted by molar-refractivity contribution is 0.0927. The Hall–Kier alpha value is -4.13. The zero-order valence-corrected chi connectivity index (χ0v) is 16.1. The number of carbonyl (C=O) groups is 3. The Morgan fingerprint density at radius 2 is 1.07 bits per heavy atom. The summed E-state index contributed by atoms with van der Waals surface area (Å²) < 4.78 is 5.68. The number of nitrogens with one attached hydrogen (secondary N) is 2. The first kappa shape index (κ1) is 20.6. The van der Waals surface area contributed by atoms with Crippen LogP contribution in [0.2, 0.25) is 0 Å². The smallest absolute Gasteiger partial charge is 0.251 e. The zero-order chi connectivity index (χ0) is 21.3. The molecule has 0 bridgehead atoms. The number of hydrogen-bond acceptors (Lipinski definition) is 4. The molecule has 0 spiro atoms. The Morgan fingerprint density at radius 1 is 0.633 bits per heavy atom. The molecule has 30 heavy (non-hydrogen) atoms. The van der Waals surface area contributed by atoms with Crippen molar-refractivity contribution in [3.05, 3.63) is 95.6 Å². The van der Waals surface area contributed by atoms with Crippen molar-refractivity contribution in [1.29, 1.82) is 0 Å². The molecule has 0 aliphatic rings. The lowest BCUT2D eigenvalue weighted by Crippen LogP contribution is -2.34. The molecule has 4 N–H and O–H groups in total. The number of hydrogen-bond donors (Lipinski definition) is 3. The molecule has 7 nitrogen and oxygen atoms in total. The highest BCUT2D eigenvalue weighted by atomic mass is 16.5. The monoisotopic (exact) mass is 403 g/mol. The van der Waals surface area contributed by atoms with E-state index in [1.807, 2.05) is 6.07 Å². The second-order valence-electron chi connectivity index (χ2n) is 6.39. The first-order chi connectivity index (χ1) is 14.5. The standard InChI is InChI=1S/C23H21N3O4/c24-21(27)16-6-10-19(11-7-16)30-20-12-8-18(9-13-20)23(29)26-15-14-25-22(28)17-4-2-1-3-5-17/h1-13H,14-15H2,(H2,24,27)(H,25,28)(H,26,29). The highest BCUT2D eigenvalue weighted by Gasteiger charge is 2.07. The van der Waals surface area contributed by atoms with E-state index in [0.717, 1.165) is 0 Å². The summed E-state index contributed by atoms with van der Waals surface area (Å²) in [6.07, 6.45) is 0. The molecule has 152 valence electrons. The maximum atomic E-state index is 12.2. The molecular formula is C23H21N3O4. The Labute approximate surface area is 173 Å². The van der Waals surface area contributed by atoms with Gasteiger partial charge in [0.05, 0.1) is 0 Å². The second-order valence-corrected chi connectivity index (χ2v) is 6.39. The van der Waals surface area contributed by atoms with Gasteiger partial charge in [0.25, 0.3) is 11.8 Å². The van der Waals surface area contributed by atoms with E-state index in [1.54, 1.807) is 72.8 Å². The number of carbonyl (C=O) groups excluding carboxylic acids is 3. The van der Waals surface area contributed by atoms with Crippen molar-refractivity contribution in [1.82, 2.24) is 10.6 Å². The van der Waals surface area contributed by atoms with Crippen LogP contribution in [-0.2, 0) is 0 Å². The van der Waals surface area contributed by atoms with Crippen molar-refractivity contribution < 1.29 is 19.1 Å². The lowest BCUT2D eigenvalue weighted by Gasteiger charge is -2.09. The average molecular weight is 403 g/mol. The number of primary amides is 1. The van der Waals surface area contributed by atoms with E-state index in [0.29, 0.717) is 41.3 Å². The minimum atomic E-state index is -0.503. The van der Waals surface area contributed by atoms with Gasteiger partial charge in [0.1, 0.15) is 11.5 Å². The molecule has 0 saturated carbocycles. The Balaban J connectivity index is 1.45. The molecule has 0 aliphatic heterocycles. The molecule has 3 amide bonds. The van der Waals surface area contributed by atoms with Crippen LogP contribution in [0.3, 0.4) is 0 Å². The van der Waals surface area contributed by atoms with Crippen LogP contribution in [-0.4, -0.2) is 30.8 Å². The maximum absolute atomic E-state index is 12.2. The van der Waals surface area contributed by atoms with Crippen LogP contribution in [0, 0.1) is 0 Å². The number of benzene rings is 3. The molecule has 0 fully saturated rings. The topological polar surface area (TPSA) is 111 Å². The molecule has 0 atom stereocenters. The van der Waals surface area contributed by atoms with Gasteiger partial charge in [-0.2, -0.15) is 0 Å². The fraction of sp³-hybridized carbons (Fsp3) is 0.0870. The average Bonchev–Trinajstić information content (AvgIpc) is 2.78. The van der Waals surface area contributed by atoms with Crippen LogP contribution in [0.5, 0.6) is 11.5 Å². The van der Waals surface area contributed by atoms with Crippen molar-refractivity contribution >= 4 is 17.7 Å². The van der Waals surface area contributed by atoms with Crippen LogP contribution < -0.4 is 21.1 Å². The van der Waals surface area contributed by atoms with Gasteiger partial charge in [-0.1, -0.05) is 18.2 Å². The second kappa shape index (κ2) is 9.88. The summed E-state index contributed by atoms with van der Waals surface area (Å²) in [5, 5.41) is 5.50. The van der Waals surface area contributed by atoms with Gasteiger partial charge < -0.3 is 21.1 Å². The summed E-state index contributed by atoms with van der Waals surface area (Å²) >= 11 is 0. The summed E-state index contributed by atoms with van der Waals surface area (Å²) in [5.74, 6) is 0.160. The van der Waals surface area contributed by atoms with Crippen LogP contribution in [0.4, 0.5) is 0 Å². The molecule has 3 rings (SSSR count). The van der Waals surface area contributed by atoms with Gasteiger partial charge in [-0.3, -0.25) is 14.4 Å². The van der Waals surface area contributed by atoms with E-state index >= 15 is 0 Å². The van der Waals surface area contributed by atoms with Crippen LogP contribution in [0.25, 0.3) is 0 Å². The normalized spacial score (nSPS) is 10.1. The fourth-order valence-electron chi connectivity index (χ4n) is 2.64. The first-order valence-electron chi connectivity index (χ1n) is 9.32. The van der Waals surface area contributed by atoms with Crippen LogP contribution >= 0.6 is 0 Å². The highest BCUT2D eigenvalue weighted by Crippen LogP contribution is 2.22. The molecule has 0 aromatic heterocycles. The summed E-state index contributed by atoms with van der Waals surface area (Å²) in [6, 6.07) is 22.0. The van der Waals surface area contributed by atoms with E-state index < -0.39 is 5.91 Å². The predicted molar refractivity (Wildman–Crippen MR) is 113 cm³/mol. The van der Waals surface area contributed by atoms with Crippen LogP contribution in [0.15, 0.2) is 78.9 Å². The maximum Gasteiger partial charge on any atom is 0.251 e. The van der Waals surface area contributed by atoms with Gasteiger partial charge >= 0.3 is 0 Å². The molecule has 3 aromatic carbocycles. The Morgan fingerprint density at radius 3 is 1.53 bits per heavy atom. The van der Waals surface area contributed by atoms with Crippen LogP contribution in [0.1, 0.15) is 31.1 Å². The highest BCUT2D eigenvalue weighted by molar-refractivity contribution is 5.95. The molecule has 0 unspecified atom stereocenters. The van der Waals surface area contributed by atoms with E-state index in [1.165, 1.54) is 0 Å². The summed E-state index contributed by atoms with van der Waals surface area (Å²) in [5.41, 5.74) is 6.65. The van der Waals surface area contributed by atoms with Crippen molar-refractivity contribution in [2.24, 2.45) is 5.73 Å². The van der Waals surface area contributed by atoms with Gasteiger partial charge in [0.15, 0.2) is 0 Å². The molecule has 3 aromatic rings. The molecule has 0 radical (unpaired) electrons. The molecule has 7 heteroatoms. The van der Waals surface area contributed by atoms with Gasteiger partial charge in [-0.05, 0) is 60.7 Å². The van der Waals surface area contributed by atoms with Gasteiger partial charge in [0, 0.05) is 29.8 Å². The number of nitrogens with two attached hydrogens (primary N) is 1. The largest absolute Gasteiger partial charge is 0.457 e. The van der Waals surface area contributed by atoms with E-state index in [4.69, 9.17) is 10.5 Å². The molecule has 0 heterocycles. The van der Waals surface area contributed by atoms with Gasteiger partial charge in [-0.15, -0.1) is 0 Å². The van der Waals surface area contributed by atoms with E-state index in [-0.39, 0.29) is 11.8 Å². The van der Waals surface area contributed by atoms with Crippen molar-refractivity contribution in [2.45, 2.75) is 0 Å². The van der Waals surface area contributed by atoms with Gasteiger partial charge in [0.2, 0.25) is 5.91 Å². The number of amides is 3. The quantitative estimate of drug-likeness (QED) is 0.502. The third-order valence-electron chi connectivity index (χ3n) is 4.22. The number of rotatable bonds is 8. The van der Waals surface area contributed by atoms with Crippen molar-refractivity contribution in [2.75, 3.05) is 13.1 Å². The summed E-state index contributed by atoms with van der Waals surface area (Å²) in [6.45, 7) is 0.629. The molecule has 0 saturated heterocycles. The van der Waals surface area contributed by atoms with E-state index in [9.17, 15) is 14.4 Å². The minimum absolute atomic E-state index is 0.185. The fourth-order valence-corrected chi connectivity index (χ4v) is 2.64. The third kappa shape index (κ3) is 5.68. The van der Waals surface area contributed by atoms with Gasteiger partial charge in [-0.25, -0.2) is 0 Å². The zero-order valence-electron chi connectivity index (χ0n) is 16.1. The van der Waals surface area contributed by atoms with E-state index in [2.05, 4.69) is 10.6 Å². The van der Waals surface area contributed by atoms with Crippen molar-refractivity contribution in [3.8, 4) is 11.5 Å². The summed E-state index contributed by atoms with van der Waals surface area (Å²) in [4.78, 5) is 35.2. The Bertz CT molecular complexity index is 1020.